The third-order valence-corrected chi connectivity index (χ3v) is 4.48. The first kappa shape index (κ1) is 18.3. The van der Waals surface area contributed by atoms with Crippen LogP contribution in [0, 0.1) is 5.92 Å². The minimum atomic E-state index is 0.835. The molecule has 0 amide bonds. The lowest BCUT2D eigenvalue weighted by Gasteiger charge is -2.11. The van der Waals surface area contributed by atoms with Gasteiger partial charge in [-0.3, -0.25) is 0 Å². The first-order chi connectivity index (χ1) is 10.3. The Kier molecular flexibility index (Phi) is 11.2. The van der Waals surface area contributed by atoms with E-state index in [-0.39, 0.29) is 0 Å². The number of rotatable bonds is 13. The summed E-state index contributed by atoms with van der Waals surface area (Å²) >= 11 is 0. The van der Waals surface area contributed by atoms with Gasteiger partial charge in [0.25, 0.3) is 0 Å². The Morgan fingerprint density at radius 1 is 0.714 bits per heavy atom. The van der Waals surface area contributed by atoms with E-state index in [2.05, 4.69) is 44.2 Å². The van der Waals surface area contributed by atoms with Crippen LogP contribution < -0.4 is 0 Å². The second kappa shape index (κ2) is 12.9. The van der Waals surface area contributed by atoms with E-state index < -0.39 is 0 Å². The highest BCUT2D eigenvalue weighted by Crippen LogP contribution is 2.17. The van der Waals surface area contributed by atoms with Crippen molar-refractivity contribution < 1.29 is 0 Å². The van der Waals surface area contributed by atoms with Crippen LogP contribution in [0.25, 0.3) is 0 Å². The smallest absolute Gasteiger partial charge is 0.0253 e. The Hall–Kier alpha value is -0.780. The zero-order chi connectivity index (χ0) is 15.2. The highest BCUT2D eigenvalue weighted by atomic mass is 14.1. The zero-order valence-electron chi connectivity index (χ0n) is 14.4. The molecule has 0 aromatic heterocycles. The van der Waals surface area contributed by atoms with Crippen LogP contribution in [0.2, 0.25) is 0 Å². The molecule has 1 aromatic carbocycles. The molecule has 0 saturated heterocycles. The highest BCUT2D eigenvalue weighted by molar-refractivity contribution is 5.14. The quantitative estimate of drug-likeness (QED) is 0.337. The van der Waals surface area contributed by atoms with Crippen LogP contribution in [0.4, 0.5) is 0 Å². The molecule has 0 fully saturated rings. The molecule has 1 aromatic rings. The Balaban J connectivity index is 1.87. The molecule has 0 bridgehead atoms. The summed E-state index contributed by atoms with van der Waals surface area (Å²) in [6.07, 6.45) is 17.0. The maximum atomic E-state index is 2.40. The van der Waals surface area contributed by atoms with Crippen molar-refractivity contribution >= 4 is 0 Å². The van der Waals surface area contributed by atoms with Gasteiger partial charge >= 0.3 is 0 Å². The average molecular weight is 289 g/mol. The molecule has 120 valence electrons. The number of benzene rings is 1. The summed E-state index contributed by atoms with van der Waals surface area (Å²) in [4.78, 5) is 0. The van der Waals surface area contributed by atoms with Gasteiger partial charge in [-0.2, -0.15) is 0 Å². The third-order valence-electron chi connectivity index (χ3n) is 4.48. The lowest BCUT2D eigenvalue weighted by atomic mass is 9.95. The first-order valence-corrected chi connectivity index (χ1v) is 9.37. The van der Waals surface area contributed by atoms with Crippen LogP contribution in [0.5, 0.6) is 0 Å². The summed E-state index contributed by atoms with van der Waals surface area (Å²) in [6.45, 7) is 4.69. The lowest BCUT2D eigenvalue weighted by Crippen LogP contribution is -1.99. The Morgan fingerprint density at radius 3 is 1.81 bits per heavy atom. The molecule has 0 radical (unpaired) electrons. The van der Waals surface area contributed by atoms with Crippen LogP contribution in [0.15, 0.2) is 30.3 Å². The van der Waals surface area contributed by atoms with Gasteiger partial charge in [-0.05, 0) is 17.9 Å². The Bertz CT molecular complexity index is 314. The standard InChI is InChI=1S/C21H36/c1-3-4-5-6-7-8-9-10-11-13-16-20(2)19-21-17-14-12-15-18-21/h12,14-15,17-18,20H,3-11,13,16,19H2,1-2H3. The fourth-order valence-corrected chi connectivity index (χ4v) is 3.10. The maximum Gasteiger partial charge on any atom is -0.0253 e. The number of unbranched alkanes of at least 4 members (excludes halogenated alkanes) is 9. The molecule has 0 heteroatoms. The summed E-state index contributed by atoms with van der Waals surface area (Å²) in [5.41, 5.74) is 1.50. The van der Waals surface area contributed by atoms with Gasteiger partial charge in [0.2, 0.25) is 0 Å². The van der Waals surface area contributed by atoms with Crippen molar-refractivity contribution in [2.75, 3.05) is 0 Å². The fraction of sp³-hybridized carbons (Fsp3) is 0.714. The van der Waals surface area contributed by atoms with E-state index in [9.17, 15) is 0 Å². The molecule has 0 aliphatic rings. The topological polar surface area (TPSA) is 0 Å². The molecular weight excluding hydrogens is 252 g/mol. The molecule has 0 spiro atoms. The van der Waals surface area contributed by atoms with Crippen LogP contribution in [-0.4, -0.2) is 0 Å². The first-order valence-electron chi connectivity index (χ1n) is 9.37. The number of hydrogen-bond acceptors (Lipinski definition) is 0. The highest BCUT2D eigenvalue weighted by Gasteiger charge is 2.03. The van der Waals surface area contributed by atoms with Crippen molar-refractivity contribution in [3.05, 3.63) is 35.9 Å². The summed E-state index contributed by atoms with van der Waals surface area (Å²) in [6, 6.07) is 10.9. The zero-order valence-corrected chi connectivity index (χ0v) is 14.4. The van der Waals surface area contributed by atoms with Crippen molar-refractivity contribution in [3.8, 4) is 0 Å². The molecule has 21 heavy (non-hydrogen) atoms. The van der Waals surface area contributed by atoms with E-state index >= 15 is 0 Å². The summed E-state index contributed by atoms with van der Waals surface area (Å²) < 4.78 is 0. The van der Waals surface area contributed by atoms with Gasteiger partial charge in [-0.25, -0.2) is 0 Å². The molecular formula is C21H36. The van der Waals surface area contributed by atoms with Gasteiger partial charge in [0.05, 0.1) is 0 Å². The predicted molar refractivity (Wildman–Crippen MR) is 95.8 cm³/mol. The van der Waals surface area contributed by atoms with Crippen molar-refractivity contribution in [2.45, 2.75) is 90.9 Å². The summed E-state index contributed by atoms with van der Waals surface area (Å²) in [5, 5.41) is 0. The van der Waals surface area contributed by atoms with Gasteiger partial charge in [-0.15, -0.1) is 0 Å². The summed E-state index contributed by atoms with van der Waals surface area (Å²) in [7, 11) is 0. The van der Waals surface area contributed by atoms with E-state index in [1.165, 1.54) is 82.6 Å². The molecule has 0 N–H and O–H groups in total. The van der Waals surface area contributed by atoms with Crippen LogP contribution in [-0.2, 0) is 6.42 Å². The van der Waals surface area contributed by atoms with Crippen molar-refractivity contribution in [2.24, 2.45) is 5.92 Å². The number of hydrogen-bond donors (Lipinski definition) is 0. The maximum absolute atomic E-state index is 2.40. The van der Waals surface area contributed by atoms with Gasteiger partial charge in [0.15, 0.2) is 0 Å². The van der Waals surface area contributed by atoms with E-state index in [0.29, 0.717) is 0 Å². The SMILES string of the molecule is CCCCCCCCCCCCC(C)Cc1ccccc1. The average Bonchev–Trinajstić information content (AvgIpc) is 2.50. The molecule has 0 heterocycles. The van der Waals surface area contributed by atoms with Gasteiger partial charge in [-0.1, -0.05) is 115 Å². The van der Waals surface area contributed by atoms with Gasteiger partial charge in [0, 0.05) is 0 Å². The molecule has 0 nitrogen and oxygen atoms in total. The van der Waals surface area contributed by atoms with Crippen molar-refractivity contribution in [1.29, 1.82) is 0 Å². The molecule has 1 atom stereocenters. The molecule has 0 aliphatic heterocycles. The molecule has 1 unspecified atom stereocenters. The lowest BCUT2D eigenvalue weighted by molar-refractivity contribution is 0.477. The molecule has 0 aliphatic carbocycles. The minimum absolute atomic E-state index is 0.835. The van der Waals surface area contributed by atoms with Gasteiger partial charge in [0.1, 0.15) is 0 Å². The van der Waals surface area contributed by atoms with Crippen molar-refractivity contribution in [1.82, 2.24) is 0 Å². The van der Waals surface area contributed by atoms with E-state index in [0.717, 1.165) is 5.92 Å². The third kappa shape index (κ3) is 10.6. The monoisotopic (exact) mass is 288 g/mol. The van der Waals surface area contributed by atoms with Crippen LogP contribution in [0.3, 0.4) is 0 Å². The molecule has 1 rings (SSSR count). The Morgan fingerprint density at radius 2 is 1.24 bits per heavy atom. The van der Waals surface area contributed by atoms with E-state index in [4.69, 9.17) is 0 Å². The largest absolute Gasteiger partial charge is 0.0654 e. The minimum Gasteiger partial charge on any atom is -0.0654 e. The second-order valence-electron chi connectivity index (χ2n) is 6.77. The fourth-order valence-electron chi connectivity index (χ4n) is 3.10. The normalized spacial score (nSPS) is 12.5. The predicted octanol–water partition coefficient (Wildman–Crippen LogP) is 7.18. The van der Waals surface area contributed by atoms with Crippen LogP contribution in [0.1, 0.15) is 90.0 Å². The Labute approximate surface area is 133 Å². The van der Waals surface area contributed by atoms with E-state index in [1.807, 2.05) is 0 Å². The van der Waals surface area contributed by atoms with E-state index in [1.54, 1.807) is 0 Å². The summed E-state index contributed by atoms with van der Waals surface area (Å²) in [5.74, 6) is 0.835. The second-order valence-corrected chi connectivity index (χ2v) is 6.77. The van der Waals surface area contributed by atoms with Crippen LogP contribution >= 0.6 is 0 Å². The molecule has 0 saturated carbocycles. The van der Waals surface area contributed by atoms with Crippen molar-refractivity contribution in [3.63, 3.8) is 0 Å². The van der Waals surface area contributed by atoms with Gasteiger partial charge < -0.3 is 0 Å².